The first-order chi connectivity index (χ1) is 9.26. The Morgan fingerprint density at radius 2 is 2.11 bits per heavy atom. The molecule has 2 heterocycles. The van der Waals surface area contributed by atoms with Crippen molar-refractivity contribution in [1.29, 1.82) is 0 Å². The first kappa shape index (κ1) is 14.1. The summed E-state index contributed by atoms with van der Waals surface area (Å²) in [5.74, 6) is 2.60. The molecule has 0 bridgehead atoms. The van der Waals surface area contributed by atoms with Gasteiger partial charge in [0.15, 0.2) is 0 Å². The van der Waals surface area contributed by atoms with Gasteiger partial charge < -0.3 is 10.6 Å². The maximum Gasteiger partial charge on any atom is 0.137 e. The molecule has 2 N–H and O–H groups in total. The average molecular weight is 262 g/mol. The van der Waals surface area contributed by atoms with Crippen molar-refractivity contribution < 1.29 is 0 Å². The van der Waals surface area contributed by atoms with Gasteiger partial charge >= 0.3 is 0 Å². The van der Waals surface area contributed by atoms with Gasteiger partial charge in [-0.3, -0.25) is 0 Å². The van der Waals surface area contributed by atoms with Crippen molar-refractivity contribution in [2.75, 3.05) is 23.7 Å². The van der Waals surface area contributed by atoms with E-state index in [1.165, 1.54) is 25.7 Å². The third-order valence-electron chi connectivity index (χ3n) is 4.18. The number of hydrogen-bond acceptors (Lipinski definition) is 4. The summed E-state index contributed by atoms with van der Waals surface area (Å²) in [6.07, 6.45) is 8.82. The fourth-order valence-corrected chi connectivity index (χ4v) is 2.96. The molecule has 1 fully saturated rings. The van der Waals surface area contributed by atoms with E-state index in [1.807, 2.05) is 0 Å². The molecule has 0 aliphatic carbocycles. The highest BCUT2D eigenvalue weighted by atomic mass is 15.2. The molecule has 1 unspecified atom stereocenters. The van der Waals surface area contributed by atoms with Crippen molar-refractivity contribution >= 4 is 11.6 Å². The summed E-state index contributed by atoms with van der Waals surface area (Å²) in [6.45, 7) is 6.67. The molecule has 1 aromatic rings. The van der Waals surface area contributed by atoms with Crippen molar-refractivity contribution in [3.05, 3.63) is 11.9 Å². The molecule has 1 aliphatic rings. The second kappa shape index (κ2) is 6.73. The van der Waals surface area contributed by atoms with Crippen molar-refractivity contribution in [2.45, 2.75) is 52.4 Å². The predicted molar refractivity (Wildman–Crippen MR) is 80.3 cm³/mol. The molecule has 19 heavy (non-hydrogen) atoms. The van der Waals surface area contributed by atoms with Gasteiger partial charge in [0.1, 0.15) is 18.0 Å². The molecule has 1 aliphatic heterocycles. The Morgan fingerprint density at radius 1 is 1.26 bits per heavy atom. The lowest BCUT2D eigenvalue weighted by molar-refractivity contribution is 0.459. The minimum Gasteiger partial charge on any atom is -0.383 e. The van der Waals surface area contributed by atoms with E-state index in [0.717, 1.165) is 43.2 Å². The molecular weight excluding hydrogens is 236 g/mol. The van der Waals surface area contributed by atoms with Crippen LogP contribution in [0.15, 0.2) is 6.33 Å². The molecule has 1 atom stereocenters. The molecule has 4 heteroatoms. The van der Waals surface area contributed by atoms with E-state index in [2.05, 4.69) is 28.7 Å². The van der Waals surface area contributed by atoms with Crippen LogP contribution in [-0.4, -0.2) is 23.1 Å². The quantitative estimate of drug-likeness (QED) is 0.906. The number of anilines is 2. The van der Waals surface area contributed by atoms with E-state index in [1.54, 1.807) is 6.33 Å². The predicted octanol–water partition coefficient (Wildman–Crippen LogP) is 3.03. The zero-order valence-corrected chi connectivity index (χ0v) is 12.2. The van der Waals surface area contributed by atoms with Crippen LogP contribution in [-0.2, 0) is 6.42 Å². The van der Waals surface area contributed by atoms with Crippen molar-refractivity contribution in [2.24, 2.45) is 5.92 Å². The molecule has 0 spiro atoms. The van der Waals surface area contributed by atoms with Gasteiger partial charge in [0.2, 0.25) is 0 Å². The van der Waals surface area contributed by atoms with Crippen LogP contribution in [0.25, 0.3) is 0 Å². The van der Waals surface area contributed by atoms with Crippen molar-refractivity contribution in [3.8, 4) is 0 Å². The Bertz CT molecular complexity index is 405. The molecule has 0 amide bonds. The van der Waals surface area contributed by atoms with E-state index < -0.39 is 0 Å². The summed E-state index contributed by atoms with van der Waals surface area (Å²) in [6, 6.07) is 0. The molecule has 106 valence electrons. The second-order valence-electron chi connectivity index (χ2n) is 5.50. The van der Waals surface area contributed by atoms with Crippen LogP contribution in [0.1, 0.15) is 51.5 Å². The highest BCUT2D eigenvalue weighted by Gasteiger charge is 2.20. The summed E-state index contributed by atoms with van der Waals surface area (Å²) >= 11 is 0. The van der Waals surface area contributed by atoms with E-state index >= 15 is 0 Å². The Labute approximate surface area is 116 Å². The van der Waals surface area contributed by atoms with Gasteiger partial charge in [0.05, 0.1) is 0 Å². The van der Waals surface area contributed by atoms with Crippen LogP contribution in [0.2, 0.25) is 0 Å². The third kappa shape index (κ3) is 3.37. The molecule has 4 nitrogen and oxygen atoms in total. The zero-order valence-electron chi connectivity index (χ0n) is 12.2. The number of aromatic nitrogens is 2. The molecule has 2 rings (SSSR count). The summed E-state index contributed by atoms with van der Waals surface area (Å²) < 4.78 is 0. The largest absolute Gasteiger partial charge is 0.383 e. The maximum atomic E-state index is 6.03. The van der Waals surface area contributed by atoms with Gasteiger partial charge in [0.25, 0.3) is 0 Å². The Morgan fingerprint density at radius 3 is 2.84 bits per heavy atom. The zero-order chi connectivity index (χ0) is 13.7. The van der Waals surface area contributed by atoms with E-state index in [4.69, 9.17) is 5.73 Å². The fourth-order valence-electron chi connectivity index (χ4n) is 2.96. The topological polar surface area (TPSA) is 55.0 Å². The minimum absolute atomic E-state index is 0.656. The van der Waals surface area contributed by atoms with Crippen LogP contribution in [0.4, 0.5) is 11.6 Å². The summed E-state index contributed by atoms with van der Waals surface area (Å²) in [4.78, 5) is 11.1. The number of rotatable bonds is 4. The maximum absolute atomic E-state index is 6.03. The van der Waals surface area contributed by atoms with Gasteiger partial charge in [-0.1, -0.05) is 26.7 Å². The number of nitrogens with two attached hydrogens (primary N) is 1. The lowest BCUT2D eigenvalue weighted by atomic mass is 9.98. The lowest BCUT2D eigenvalue weighted by Crippen LogP contribution is -2.27. The first-order valence-electron chi connectivity index (χ1n) is 7.60. The van der Waals surface area contributed by atoms with E-state index in [9.17, 15) is 0 Å². The first-order valence-corrected chi connectivity index (χ1v) is 7.60. The van der Waals surface area contributed by atoms with Crippen LogP contribution >= 0.6 is 0 Å². The minimum atomic E-state index is 0.656. The molecule has 0 aromatic carbocycles. The SMILES string of the molecule is CCCc1c(N)ncnc1N1CCCC(CC)CC1. The smallest absolute Gasteiger partial charge is 0.137 e. The highest BCUT2D eigenvalue weighted by Crippen LogP contribution is 2.27. The lowest BCUT2D eigenvalue weighted by Gasteiger charge is -2.24. The second-order valence-corrected chi connectivity index (χ2v) is 5.50. The van der Waals surface area contributed by atoms with E-state index in [0.29, 0.717) is 5.82 Å². The summed E-state index contributed by atoms with van der Waals surface area (Å²) in [7, 11) is 0. The van der Waals surface area contributed by atoms with Crippen LogP contribution < -0.4 is 10.6 Å². The average Bonchev–Trinajstić information content (AvgIpc) is 2.66. The van der Waals surface area contributed by atoms with E-state index in [-0.39, 0.29) is 0 Å². The van der Waals surface area contributed by atoms with Crippen molar-refractivity contribution in [1.82, 2.24) is 9.97 Å². The van der Waals surface area contributed by atoms with Gasteiger partial charge in [-0.15, -0.1) is 0 Å². The summed E-state index contributed by atoms with van der Waals surface area (Å²) in [5, 5.41) is 0. The normalized spacial score (nSPS) is 20.3. The molecule has 1 saturated heterocycles. The number of nitrogen functional groups attached to an aromatic ring is 1. The monoisotopic (exact) mass is 262 g/mol. The fraction of sp³-hybridized carbons (Fsp3) is 0.733. The third-order valence-corrected chi connectivity index (χ3v) is 4.18. The van der Waals surface area contributed by atoms with Gasteiger partial charge in [-0.05, 0) is 31.6 Å². The molecule has 0 saturated carbocycles. The standard InChI is InChI=1S/C15H26N4/c1-3-6-13-14(16)17-11-18-15(13)19-9-5-7-12(4-2)8-10-19/h11-12H,3-10H2,1-2H3,(H2,16,17,18). The molecular formula is C15H26N4. The Balaban J connectivity index is 2.18. The van der Waals surface area contributed by atoms with Crippen LogP contribution in [0, 0.1) is 5.92 Å². The summed E-state index contributed by atoms with van der Waals surface area (Å²) in [5.41, 5.74) is 7.17. The Hall–Kier alpha value is -1.32. The van der Waals surface area contributed by atoms with Gasteiger partial charge in [0, 0.05) is 18.7 Å². The Kier molecular flexibility index (Phi) is 5.00. The van der Waals surface area contributed by atoms with Crippen LogP contribution in [0.5, 0.6) is 0 Å². The number of hydrogen-bond donors (Lipinski definition) is 1. The van der Waals surface area contributed by atoms with Crippen molar-refractivity contribution in [3.63, 3.8) is 0 Å². The van der Waals surface area contributed by atoms with Gasteiger partial charge in [-0.25, -0.2) is 9.97 Å². The molecule has 1 aromatic heterocycles. The number of nitrogens with zero attached hydrogens (tertiary/aromatic N) is 3. The van der Waals surface area contributed by atoms with Crippen LogP contribution in [0.3, 0.4) is 0 Å². The molecule has 0 radical (unpaired) electrons. The van der Waals surface area contributed by atoms with Gasteiger partial charge in [-0.2, -0.15) is 0 Å². The highest BCUT2D eigenvalue weighted by molar-refractivity contribution is 5.56.